The Bertz CT molecular complexity index is 810. The van der Waals surface area contributed by atoms with Crippen molar-refractivity contribution in [2.75, 3.05) is 0 Å². The van der Waals surface area contributed by atoms with E-state index in [-0.39, 0.29) is 0 Å². The van der Waals surface area contributed by atoms with Gasteiger partial charge in [-0.15, -0.1) is 0 Å². The molecule has 3 aromatic carbocycles. The maximum atomic E-state index is 2.32. The molecule has 0 aromatic heterocycles. The molecule has 0 unspecified atom stereocenters. The Balaban J connectivity index is 1.94. The lowest BCUT2D eigenvalue weighted by atomic mass is 9.98. The van der Waals surface area contributed by atoms with Crippen molar-refractivity contribution in [3.8, 4) is 0 Å². The van der Waals surface area contributed by atoms with Crippen LogP contribution in [-0.4, -0.2) is 0 Å². The molecule has 118 valence electrons. The van der Waals surface area contributed by atoms with Crippen molar-refractivity contribution < 1.29 is 0 Å². The fraction of sp³-hybridized carbons (Fsp3) is 0.0833. The molecule has 0 heteroatoms. The maximum absolute atomic E-state index is 2.32. The van der Waals surface area contributed by atoms with Gasteiger partial charge >= 0.3 is 0 Å². The Kier molecular flexibility index (Phi) is 5.42. The lowest BCUT2D eigenvalue weighted by molar-refractivity contribution is 1.27. The molecular formula is C24H22. The minimum atomic E-state index is 0.934. The van der Waals surface area contributed by atoms with Gasteiger partial charge in [-0.05, 0) is 41.2 Å². The highest BCUT2D eigenvalue weighted by Crippen LogP contribution is 2.23. The average Bonchev–Trinajstić information content (AvgIpc) is 2.67. The second-order valence-electron chi connectivity index (χ2n) is 5.91. The highest BCUT2D eigenvalue weighted by Gasteiger charge is 2.01. The molecule has 24 heavy (non-hydrogen) atoms. The third-order valence-corrected chi connectivity index (χ3v) is 4.11. The summed E-state index contributed by atoms with van der Waals surface area (Å²) in [5, 5.41) is 0. The van der Waals surface area contributed by atoms with E-state index in [1.165, 1.54) is 27.8 Å². The molecule has 0 amide bonds. The van der Waals surface area contributed by atoms with Crippen LogP contribution in [0.3, 0.4) is 0 Å². The van der Waals surface area contributed by atoms with Gasteiger partial charge in [0.1, 0.15) is 0 Å². The van der Waals surface area contributed by atoms with E-state index in [4.69, 9.17) is 0 Å². The van der Waals surface area contributed by atoms with E-state index in [0.29, 0.717) is 0 Å². The van der Waals surface area contributed by atoms with E-state index in [2.05, 4.69) is 110 Å². The molecule has 0 aliphatic carbocycles. The molecular weight excluding hydrogens is 288 g/mol. The summed E-state index contributed by atoms with van der Waals surface area (Å²) in [6, 6.07) is 31.7. The van der Waals surface area contributed by atoms with Crippen LogP contribution in [0.25, 0.3) is 11.1 Å². The predicted octanol–water partition coefficient (Wildman–Crippen LogP) is 6.42. The monoisotopic (exact) mass is 310 g/mol. The average molecular weight is 310 g/mol. The van der Waals surface area contributed by atoms with E-state index in [1.807, 2.05) is 0 Å². The topological polar surface area (TPSA) is 0 Å². The summed E-state index contributed by atoms with van der Waals surface area (Å²) in [6.45, 7) is 2.18. The third kappa shape index (κ3) is 4.33. The molecule has 3 rings (SSSR count). The molecule has 0 radical (unpaired) electrons. The zero-order valence-corrected chi connectivity index (χ0v) is 14.0. The first-order valence-corrected chi connectivity index (χ1v) is 8.36. The van der Waals surface area contributed by atoms with Crippen molar-refractivity contribution in [3.63, 3.8) is 0 Å². The summed E-state index contributed by atoms with van der Waals surface area (Å²) >= 11 is 0. The van der Waals surface area contributed by atoms with E-state index < -0.39 is 0 Å². The highest BCUT2D eigenvalue weighted by molar-refractivity contribution is 5.83. The summed E-state index contributed by atoms with van der Waals surface area (Å²) in [5.41, 5.74) is 6.39. The normalized spacial score (nSPS) is 12.2. The molecule has 0 nitrogen and oxygen atoms in total. The van der Waals surface area contributed by atoms with Crippen molar-refractivity contribution in [3.05, 3.63) is 120 Å². The standard InChI is InChI=1S/C24H22/c1-20(22-13-7-3-8-14-22)19-24(23-15-9-4-10-16-23)18-17-21-11-5-2-6-12-21/h2-16,18-19H,17H2,1H3/b20-19+,24-18-. The fourth-order valence-corrected chi connectivity index (χ4v) is 2.75. The summed E-state index contributed by atoms with van der Waals surface area (Å²) < 4.78 is 0. The first-order valence-electron chi connectivity index (χ1n) is 8.36. The number of rotatable bonds is 5. The van der Waals surface area contributed by atoms with Crippen molar-refractivity contribution in [2.45, 2.75) is 13.3 Å². The van der Waals surface area contributed by atoms with Crippen LogP contribution in [0.1, 0.15) is 23.6 Å². The van der Waals surface area contributed by atoms with Gasteiger partial charge in [-0.25, -0.2) is 0 Å². The van der Waals surface area contributed by atoms with Crippen LogP contribution >= 0.6 is 0 Å². The first kappa shape index (κ1) is 16.0. The molecule has 0 aliphatic rings. The van der Waals surface area contributed by atoms with E-state index in [0.717, 1.165) is 6.42 Å². The SMILES string of the molecule is C/C(=C\C(=C\Cc1ccccc1)c1ccccc1)c1ccccc1. The summed E-state index contributed by atoms with van der Waals surface area (Å²) in [5.74, 6) is 0. The van der Waals surface area contributed by atoms with Gasteiger partial charge in [0.15, 0.2) is 0 Å². The van der Waals surface area contributed by atoms with Gasteiger partial charge in [-0.1, -0.05) is 103 Å². The largest absolute Gasteiger partial charge is 0.0722 e. The van der Waals surface area contributed by atoms with Crippen molar-refractivity contribution in [1.82, 2.24) is 0 Å². The van der Waals surface area contributed by atoms with Crippen LogP contribution < -0.4 is 0 Å². The van der Waals surface area contributed by atoms with Gasteiger partial charge < -0.3 is 0 Å². The molecule has 0 saturated heterocycles. The van der Waals surface area contributed by atoms with Crippen molar-refractivity contribution >= 4 is 11.1 Å². The maximum Gasteiger partial charge on any atom is -0.00882 e. The fourth-order valence-electron chi connectivity index (χ4n) is 2.75. The number of hydrogen-bond acceptors (Lipinski definition) is 0. The van der Waals surface area contributed by atoms with Crippen LogP contribution in [0.5, 0.6) is 0 Å². The predicted molar refractivity (Wildman–Crippen MR) is 105 cm³/mol. The van der Waals surface area contributed by atoms with Gasteiger partial charge in [-0.3, -0.25) is 0 Å². The van der Waals surface area contributed by atoms with Gasteiger partial charge in [0.25, 0.3) is 0 Å². The van der Waals surface area contributed by atoms with E-state index >= 15 is 0 Å². The zero-order valence-electron chi connectivity index (χ0n) is 14.0. The number of benzene rings is 3. The van der Waals surface area contributed by atoms with Gasteiger partial charge in [0, 0.05) is 0 Å². The van der Waals surface area contributed by atoms with Crippen LogP contribution in [0.15, 0.2) is 103 Å². The van der Waals surface area contributed by atoms with Crippen LogP contribution in [0.4, 0.5) is 0 Å². The Morgan fingerprint density at radius 1 is 0.667 bits per heavy atom. The van der Waals surface area contributed by atoms with Crippen LogP contribution in [0.2, 0.25) is 0 Å². The Morgan fingerprint density at radius 3 is 1.75 bits per heavy atom. The molecule has 0 spiro atoms. The number of allylic oxidation sites excluding steroid dienone is 4. The summed E-state index contributed by atoms with van der Waals surface area (Å²) in [6.07, 6.45) is 5.54. The minimum Gasteiger partial charge on any atom is -0.0722 e. The molecule has 0 saturated carbocycles. The number of hydrogen-bond donors (Lipinski definition) is 0. The second-order valence-corrected chi connectivity index (χ2v) is 5.91. The van der Waals surface area contributed by atoms with Crippen molar-refractivity contribution in [2.24, 2.45) is 0 Å². The Morgan fingerprint density at radius 2 is 1.17 bits per heavy atom. The van der Waals surface area contributed by atoms with Crippen LogP contribution in [0, 0.1) is 0 Å². The molecule has 0 atom stereocenters. The molecule has 0 heterocycles. The van der Waals surface area contributed by atoms with Crippen LogP contribution in [-0.2, 0) is 6.42 Å². The Hall–Kier alpha value is -2.86. The minimum absolute atomic E-state index is 0.934. The highest BCUT2D eigenvalue weighted by atomic mass is 14.1. The smallest absolute Gasteiger partial charge is 0.00882 e. The lowest BCUT2D eigenvalue weighted by Gasteiger charge is -2.07. The molecule has 0 fully saturated rings. The quantitative estimate of drug-likeness (QED) is 0.477. The zero-order chi connectivity index (χ0) is 16.6. The summed E-state index contributed by atoms with van der Waals surface area (Å²) in [4.78, 5) is 0. The molecule has 0 N–H and O–H groups in total. The van der Waals surface area contributed by atoms with E-state index in [9.17, 15) is 0 Å². The summed E-state index contributed by atoms with van der Waals surface area (Å²) in [7, 11) is 0. The Labute approximate surface area is 144 Å². The third-order valence-electron chi connectivity index (χ3n) is 4.11. The molecule has 0 bridgehead atoms. The van der Waals surface area contributed by atoms with Gasteiger partial charge in [0.05, 0.1) is 0 Å². The second kappa shape index (κ2) is 8.12. The van der Waals surface area contributed by atoms with Crippen molar-refractivity contribution in [1.29, 1.82) is 0 Å². The lowest BCUT2D eigenvalue weighted by Crippen LogP contribution is -1.87. The van der Waals surface area contributed by atoms with Gasteiger partial charge in [0.2, 0.25) is 0 Å². The molecule has 3 aromatic rings. The first-order chi connectivity index (χ1) is 11.8. The van der Waals surface area contributed by atoms with Gasteiger partial charge in [-0.2, -0.15) is 0 Å². The molecule has 0 aliphatic heterocycles. The van der Waals surface area contributed by atoms with E-state index in [1.54, 1.807) is 0 Å².